The van der Waals surface area contributed by atoms with Crippen molar-refractivity contribution in [2.45, 2.75) is 76.2 Å². The molecule has 2 bridgehead atoms. The minimum absolute atomic E-state index is 0.0421. The van der Waals surface area contributed by atoms with Crippen LogP contribution in [0.25, 0.3) is 0 Å². The number of carbonyl (C=O) groups is 2. The molecule has 4 aromatic rings. The largest absolute Gasteiger partial charge is 0.488 e. The van der Waals surface area contributed by atoms with Crippen LogP contribution in [0.2, 0.25) is 10.0 Å². The molecule has 57 heavy (non-hydrogen) atoms. The minimum atomic E-state index is -1.37. The molecule has 0 aromatic heterocycles. The zero-order chi connectivity index (χ0) is 40.2. The molecule has 0 spiro atoms. The van der Waals surface area contributed by atoms with Crippen LogP contribution in [-0.2, 0) is 29.2 Å². The van der Waals surface area contributed by atoms with Gasteiger partial charge in [-0.25, -0.2) is 18.4 Å². The Morgan fingerprint density at radius 1 is 0.860 bits per heavy atom. The topological polar surface area (TPSA) is 121 Å². The van der Waals surface area contributed by atoms with Crippen molar-refractivity contribution in [3.05, 3.63) is 134 Å². The Morgan fingerprint density at radius 3 is 2.37 bits per heavy atom. The van der Waals surface area contributed by atoms with Gasteiger partial charge < -0.3 is 19.1 Å². The summed E-state index contributed by atoms with van der Waals surface area (Å²) in [5.41, 5.74) is 2.42. The molecular weight excluding hydrogens is 790 g/mol. The van der Waals surface area contributed by atoms with E-state index >= 15 is 0 Å². The maximum Gasteiger partial charge on any atom is 0.416 e. The monoisotopic (exact) mass is 827 g/mol. The number of nitrogens with zero attached hydrogens (tertiary/aromatic N) is 3. The van der Waals surface area contributed by atoms with Gasteiger partial charge in [-0.2, -0.15) is 4.39 Å². The van der Waals surface area contributed by atoms with E-state index in [-0.39, 0.29) is 49.9 Å². The smallest absolute Gasteiger partial charge is 0.416 e. The lowest BCUT2D eigenvalue weighted by molar-refractivity contribution is -0.497. The standard InChI is InChI=1S/C41H38Cl2F3N3O8/c42-31-8-2-6-26(37(31)43)22-47(27-11-12-27)40(50)36-34-18-13-28(48(34)41(51)57-30-7-1-4-25(20-30)23-55-49(52)53)21-35(36)56-29-14-9-24(10-15-29)5-3-19-54-39-33(45)17-16-32(44)38(39)46/h1-2,4,6-10,14-17,20,27-28,34,52-53H,3,5,11-13,18-19,21-23H2. The van der Waals surface area contributed by atoms with Crippen LogP contribution < -0.4 is 14.2 Å². The summed E-state index contributed by atoms with van der Waals surface area (Å²) in [4.78, 5) is 36.8. The molecule has 4 aromatic carbocycles. The summed E-state index contributed by atoms with van der Waals surface area (Å²) in [5, 5.41) is 18.2. The number of aryl methyl sites for hydroxylation is 1. The van der Waals surface area contributed by atoms with Gasteiger partial charge in [0.15, 0.2) is 17.4 Å². The number of rotatable bonds is 15. The van der Waals surface area contributed by atoms with E-state index in [1.807, 2.05) is 18.2 Å². The first kappa shape index (κ1) is 40.4. The second kappa shape index (κ2) is 17.8. The van der Waals surface area contributed by atoms with Gasteiger partial charge in [0.1, 0.15) is 17.3 Å². The molecule has 7 rings (SSSR count). The van der Waals surface area contributed by atoms with E-state index in [9.17, 15) is 22.8 Å². The third-order valence-electron chi connectivity index (χ3n) is 10.1. The van der Waals surface area contributed by atoms with Gasteiger partial charge in [0, 0.05) is 25.0 Å². The highest BCUT2D eigenvalue weighted by molar-refractivity contribution is 6.42. The third kappa shape index (κ3) is 9.49. The van der Waals surface area contributed by atoms with Crippen LogP contribution in [0, 0.1) is 17.5 Å². The van der Waals surface area contributed by atoms with Gasteiger partial charge in [0.2, 0.25) is 5.82 Å². The zero-order valence-corrected chi connectivity index (χ0v) is 31.9. The lowest BCUT2D eigenvalue weighted by atomic mass is 9.97. The first-order valence-corrected chi connectivity index (χ1v) is 19.1. The molecule has 1 saturated carbocycles. The zero-order valence-electron chi connectivity index (χ0n) is 30.4. The summed E-state index contributed by atoms with van der Waals surface area (Å²) >= 11 is 12.9. The highest BCUT2D eigenvalue weighted by Crippen LogP contribution is 2.43. The first-order valence-electron chi connectivity index (χ1n) is 18.4. The number of carbonyl (C=O) groups excluding carboxylic acids is 2. The molecule has 16 heteroatoms. The third-order valence-corrected chi connectivity index (χ3v) is 11.0. The fourth-order valence-electron chi connectivity index (χ4n) is 7.22. The molecule has 11 nitrogen and oxygen atoms in total. The normalized spacial score (nSPS) is 17.6. The molecule has 1 saturated heterocycles. The van der Waals surface area contributed by atoms with Crippen molar-refractivity contribution < 1.29 is 52.2 Å². The van der Waals surface area contributed by atoms with Crippen LogP contribution >= 0.6 is 23.2 Å². The van der Waals surface area contributed by atoms with Crippen molar-refractivity contribution >= 4 is 35.2 Å². The lowest BCUT2D eigenvalue weighted by Crippen LogP contribution is -2.50. The summed E-state index contributed by atoms with van der Waals surface area (Å²) < 4.78 is 58.9. The van der Waals surface area contributed by atoms with Crippen LogP contribution in [0.15, 0.2) is 90.2 Å². The molecule has 0 radical (unpaired) electrons. The second-order valence-electron chi connectivity index (χ2n) is 14.0. The van der Waals surface area contributed by atoms with Gasteiger partial charge in [-0.3, -0.25) is 20.1 Å². The Bertz CT molecular complexity index is 2150. The van der Waals surface area contributed by atoms with Gasteiger partial charge >= 0.3 is 6.09 Å². The van der Waals surface area contributed by atoms with Crippen LogP contribution in [0.3, 0.4) is 0 Å². The Hall–Kier alpha value is -4.83. The van der Waals surface area contributed by atoms with E-state index in [2.05, 4.69) is 4.84 Å². The molecule has 2 aliphatic heterocycles. The lowest BCUT2D eigenvalue weighted by Gasteiger charge is -2.38. The van der Waals surface area contributed by atoms with E-state index in [1.54, 1.807) is 52.3 Å². The molecule has 1 aliphatic carbocycles. The van der Waals surface area contributed by atoms with Crippen LogP contribution in [0.1, 0.15) is 55.2 Å². The summed E-state index contributed by atoms with van der Waals surface area (Å²) in [5.74, 6) is -3.47. The number of halogens is 5. The predicted molar refractivity (Wildman–Crippen MR) is 200 cm³/mol. The molecular formula is C41H38Cl2F3N3O8. The SMILES string of the molecule is O=C(C1=C(Oc2ccc(CCCOc3c(F)ccc(F)c3F)cc2)CC2CCC1N2C(=O)Oc1cccc(CON(O)O)c1)N(Cc1cccc(Cl)c1Cl)C1CC1. The van der Waals surface area contributed by atoms with Gasteiger partial charge in [0.05, 0.1) is 40.3 Å². The molecule has 300 valence electrons. The van der Waals surface area contributed by atoms with Crippen molar-refractivity contribution in [3.8, 4) is 17.2 Å². The van der Waals surface area contributed by atoms with Crippen LogP contribution in [0.4, 0.5) is 18.0 Å². The second-order valence-corrected chi connectivity index (χ2v) is 14.8. The highest BCUT2D eigenvalue weighted by atomic mass is 35.5. The summed E-state index contributed by atoms with van der Waals surface area (Å²) in [7, 11) is 0. The van der Waals surface area contributed by atoms with Gasteiger partial charge in [-0.1, -0.05) is 59.6 Å². The average Bonchev–Trinajstić information content (AvgIpc) is 3.99. The molecule has 2 atom stereocenters. The van der Waals surface area contributed by atoms with Gasteiger partial charge in [-0.15, -0.1) is 0 Å². The maximum absolute atomic E-state index is 14.8. The Labute approximate surface area is 336 Å². The molecule has 2 heterocycles. The number of benzene rings is 4. The van der Waals surface area contributed by atoms with Gasteiger partial charge in [0.25, 0.3) is 5.91 Å². The van der Waals surface area contributed by atoms with E-state index in [4.69, 9.17) is 47.8 Å². The van der Waals surface area contributed by atoms with Crippen molar-refractivity contribution in [3.63, 3.8) is 0 Å². The summed E-state index contributed by atoms with van der Waals surface area (Å²) in [6, 6.07) is 19.3. The maximum atomic E-state index is 14.8. The number of hydrogen-bond donors (Lipinski definition) is 2. The van der Waals surface area contributed by atoms with Crippen molar-refractivity contribution in [2.24, 2.45) is 0 Å². The van der Waals surface area contributed by atoms with E-state index < -0.39 is 40.7 Å². The summed E-state index contributed by atoms with van der Waals surface area (Å²) in [6.07, 6.45) is 3.16. The number of ether oxygens (including phenoxy) is 3. The van der Waals surface area contributed by atoms with Crippen molar-refractivity contribution in [1.29, 1.82) is 0 Å². The molecule has 2 unspecified atom stereocenters. The van der Waals surface area contributed by atoms with Crippen molar-refractivity contribution in [1.82, 2.24) is 15.2 Å². The fraction of sp³-hybridized carbons (Fsp3) is 0.317. The number of fused-ring (bicyclic) bond motifs is 2. The average molecular weight is 829 g/mol. The molecule has 3 aliphatic rings. The van der Waals surface area contributed by atoms with E-state index in [0.29, 0.717) is 70.0 Å². The van der Waals surface area contributed by atoms with Crippen LogP contribution in [0.5, 0.6) is 17.2 Å². The minimum Gasteiger partial charge on any atom is -0.488 e. The molecule has 2 amide bonds. The molecule has 2 fully saturated rings. The Morgan fingerprint density at radius 2 is 1.61 bits per heavy atom. The highest BCUT2D eigenvalue weighted by Gasteiger charge is 2.50. The van der Waals surface area contributed by atoms with E-state index in [1.165, 1.54) is 6.07 Å². The fourth-order valence-corrected chi connectivity index (χ4v) is 7.60. The quantitative estimate of drug-likeness (QED) is 0.0687. The van der Waals surface area contributed by atoms with Crippen molar-refractivity contribution in [2.75, 3.05) is 6.61 Å². The van der Waals surface area contributed by atoms with Crippen LogP contribution in [-0.4, -0.2) is 62.3 Å². The number of amides is 2. The summed E-state index contributed by atoms with van der Waals surface area (Å²) in [6.45, 7) is -0.0395. The predicted octanol–water partition coefficient (Wildman–Crippen LogP) is 9.19. The number of hydrogen-bond acceptors (Lipinski definition) is 9. The first-order chi connectivity index (χ1) is 27.5. The van der Waals surface area contributed by atoms with E-state index in [0.717, 1.165) is 24.5 Å². The molecule has 2 N–H and O–H groups in total. The Balaban J connectivity index is 1.11. The van der Waals surface area contributed by atoms with Gasteiger partial charge in [-0.05, 0) is 97.7 Å². The Kier molecular flexibility index (Phi) is 12.6.